The average molecular weight is 446 g/mol. The molecule has 0 spiro atoms. The third kappa shape index (κ3) is 5.76. The number of carbonyl (C=O) groups excluding carboxylic acids is 2. The number of rotatable bonds is 7. The van der Waals surface area contributed by atoms with Gasteiger partial charge in [0.1, 0.15) is 5.75 Å². The Labute approximate surface area is 183 Å². The van der Waals surface area contributed by atoms with Crippen LogP contribution in [0.2, 0.25) is 10.0 Å². The lowest BCUT2D eigenvalue weighted by Crippen LogP contribution is -2.11. The molecule has 3 aromatic carbocycles. The van der Waals surface area contributed by atoms with Crippen LogP contribution in [0.3, 0.4) is 0 Å². The first kappa shape index (κ1) is 21.2. The number of halogens is 2. The van der Waals surface area contributed by atoms with Gasteiger partial charge in [0.05, 0.1) is 17.9 Å². The third-order valence-electron chi connectivity index (χ3n) is 4.05. The number of methoxy groups -OCH3 is 1. The fourth-order valence-electron chi connectivity index (χ4n) is 2.55. The Hall–Kier alpha value is -2.47. The van der Waals surface area contributed by atoms with Gasteiger partial charge in [0, 0.05) is 26.7 Å². The summed E-state index contributed by atoms with van der Waals surface area (Å²) >= 11 is 13.3. The zero-order chi connectivity index (χ0) is 20.8. The summed E-state index contributed by atoms with van der Waals surface area (Å²) in [5.74, 6) is 0.589. The van der Waals surface area contributed by atoms with Crippen LogP contribution in [0.5, 0.6) is 5.75 Å². The van der Waals surface area contributed by atoms with Crippen molar-refractivity contribution < 1.29 is 14.3 Å². The molecule has 0 aromatic heterocycles. The highest BCUT2D eigenvalue weighted by Crippen LogP contribution is 2.26. The van der Waals surface area contributed by atoms with Crippen LogP contribution in [0.4, 0.5) is 5.69 Å². The number of thioether (sulfide) groups is 1. The molecule has 0 unspecified atom stereocenters. The third-order valence-corrected chi connectivity index (χ3v) is 5.59. The smallest absolute Gasteiger partial charge is 0.255 e. The highest BCUT2D eigenvalue weighted by atomic mass is 35.5. The Bertz CT molecular complexity index is 1040. The molecule has 3 rings (SSSR count). The zero-order valence-corrected chi connectivity index (χ0v) is 17.8. The molecule has 0 saturated heterocycles. The molecule has 3 aromatic rings. The first-order valence-corrected chi connectivity index (χ1v) is 10.4. The molecule has 0 saturated carbocycles. The number of ether oxygens (including phenoxy) is 1. The lowest BCUT2D eigenvalue weighted by atomic mass is 10.1. The maximum atomic E-state index is 12.4. The summed E-state index contributed by atoms with van der Waals surface area (Å²) in [6.45, 7) is 0. The number of hydrogen-bond donors (Lipinski definition) is 1. The van der Waals surface area contributed by atoms with E-state index in [1.54, 1.807) is 55.6 Å². The summed E-state index contributed by atoms with van der Waals surface area (Å²) in [6, 6.07) is 19.0. The van der Waals surface area contributed by atoms with Gasteiger partial charge in [-0.15, -0.1) is 11.8 Å². The summed E-state index contributed by atoms with van der Waals surface area (Å²) < 4.78 is 5.10. The Morgan fingerprint density at radius 1 is 1.00 bits per heavy atom. The predicted molar refractivity (Wildman–Crippen MR) is 119 cm³/mol. The van der Waals surface area contributed by atoms with Gasteiger partial charge in [-0.05, 0) is 60.7 Å². The predicted octanol–water partition coefficient (Wildman–Crippen LogP) is 6.23. The van der Waals surface area contributed by atoms with Crippen LogP contribution in [-0.2, 0) is 0 Å². The monoisotopic (exact) mass is 445 g/mol. The fraction of sp³-hybridized carbons (Fsp3) is 0.0909. The lowest BCUT2D eigenvalue weighted by molar-refractivity contribution is 0.101. The van der Waals surface area contributed by atoms with Crippen LogP contribution in [-0.4, -0.2) is 24.6 Å². The summed E-state index contributed by atoms with van der Waals surface area (Å²) in [6.07, 6.45) is 0. The quantitative estimate of drug-likeness (QED) is 0.345. The number of anilines is 1. The molecule has 0 bridgehead atoms. The van der Waals surface area contributed by atoms with Crippen molar-refractivity contribution in [2.24, 2.45) is 0 Å². The number of amides is 1. The number of ketones is 1. The first-order valence-electron chi connectivity index (χ1n) is 8.63. The van der Waals surface area contributed by atoms with Crippen molar-refractivity contribution in [2.75, 3.05) is 18.2 Å². The van der Waals surface area contributed by atoms with Crippen LogP contribution in [0.25, 0.3) is 0 Å². The lowest BCUT2D eigenvalue weighted by Gasteiger charge is -2.08. The van der Waals surface area contributed by atoms with Gasteiger partial charge in [0.25, 0.3) is 5.91 Å². The van der Waals surface area contributed by atoms with Crippen molar-refractivity contribution in [3.8, 4) is 5.75 Å². The van der Waals surface area contributed by atoms with E-state index in [1.165, 1.54) is 11.8 Å². The Morgan fingerprint density at radius 2 is 1.76 bits per heavy atom. The molecular weight excluding hydrogens is 429 g/mol. The molecule has 0 atom stereocenters. The number of nitrogens with one attached hydrogen (secondary N) is 1. The first-order chi connectivity index (χ1) is 14.0. The molecule has 1 amide bonds. The van der Waals surface area contributed by atoms with Gasteiger partial charge in [-0.3, -0.25) is 9.59 Å². The van der Waals surface area contributed by atoms with Gasteiger partial charge in [-0.25, -0.2) is 0 Å². The molecule has 0 heterocycles. The standard InChI is InChI=1S/C22H17Cl2NO3S/c1-28-17-8-5-14(6-9-17)22(27)25-16-3-2-4-18(12-16)29-13-21(26)19-10-7-15(23)11-20(19)24/h2-12H,13H2,1H3,(H,25,27). The van der Waals surface area contributed by atoms with Crippen molar-refractivity contribution in [2.45, 2.75) is 4.90 Å². The molecule has 148 valence electrons. The minimum Gasteiger partial charge on any atom is -0.497 e. The van der Waals surface area contributed by atoms with E-state index < -0.39 is 0 Å². The van der Waals surface area contributed by atoms with Crippen molar-refractivity contribution >= 4 is 52.3 Å². The summed E-state index contributed by atoms with van der Waals surface area (Å²) in [5, 5.41) is 3.68. The summed E-state index contributed by atoms with van der Waals surface area (Å²) in [4.78, 5) is 25.7. The Balaban J connectivity index is 1.63. The van der Waals surface area contributed by atoms with E-state index in [0.29, 0.717) is 32.6 Å². The minimum absolute atomic E-state index is 0.0932. The summed E-state index contributed by atoms with van der Waals surface area (Å²) in [5.41, 5.74) is 1.61. The van der Waals surface area contributed by atoms with Crippen LogP contribution in [0.15, 0.2) is 71.6 Å². The van der Waals surface area contributed by atoms with Crippen LogP contribution in [0.1, 0.15) is 20.7 Å². The minimum atomic E-state index is -0.223. The maximum Gasteiger partial charge on any atom is 0.255 e. The average Bonchev–Trinajstić information content (AvgIpc) is 2.72. The second-order valence-corrected chi connectivity index (χ2v) is 7.94. The van der Waals surface area contributed by atoms with E-state index in [4.69, 9.17) is 27.9 Å². The van der Waals surface area contributed by atoms with Gasteiger partial charge >= 0.3 is 0 Å². The van der Waals surface area contributed by atoms with E-state index in [-0.39, 0.29) is 17.4 Å². The normalized spacial score (nSPS) is 10.4. The van der Waals surface area contributed by atoms with Crippen molar-refractivity contribution in [3.63, 3.8) is 0 Å². The molecule has 0 aliphatic carbocycles. The molecule has 7 heteroatoms. The maximum absolute atomic E-state index is 12.4. The van der Waals surface area contributed by atoms with Crippen LogP contribution in [0, 0.1) is 0 Å². The molecular formula is C22H17Cl2NO3S. The van der Waals surface area contributed by atoms with E-state index >= 15 is 0 Å². The van der Waals surface area contributed by atoms with Gasteiger partial charge in [-0.1, -0.05) is 29.3 Å². The molecule has 0 aliphatic rings. The second kappa shape index (κ2) is 9.83. The molecule has 0 aliphatic heterocycles. The number of Topliss-reactive ketones (excluding diaryl/α,β-unsaturated/α-hetero) is 1. The highest BCUT2D eigenvalue weighted by Gasteiger charge is 2.12. The van der Waals surface area contributed by atoms with E-state index in [2.05, 4.69) is 5.32 Å². The van der Waals surface area contributed by atoms with Crippen molar-refractivity contribution in [3.05, 3.63) is 87.9 Å². The number of benzene rings is 3. The zero-order valence-electron chi connectivity index (χ0n) is 15.4. The molecule has 4 nitrogen and oxygen atoms in total. The van der Waals surface area contributed by atoms with E-state index in [0.717, 1.165) is 4.90 Å². The summed E-state index contributed by atoms with van der Waals surface area (Å²) in [7, 11) is 1.57. The van der Waals surface area contributed by atoms with E-state index in [9.17, 15) is 9.59 Å². The molecule has 0 fully saturated rings. The van der Waals surface area contributed by atoms with Crippen molar-refractivity contribution in [1.82, 2.24) is 0 Å². The van der Waals surface area contributed by atoms with Gasteiger partial charge in [0.15, 0.2) is 5.78 Å². The van der Waals surface area contributed by atoms with E-state index in [1.807, 2.05) is 18.2 Å². The SMILES string of the molecule is COc1ccc(C(=O)Nc2cccc(SCC(=O)c3ccc(Cl)cc3Cl)c2)cc1. The Morgan fingerprint density at radius 3 is 2.45 bits per heavy atom. The topological polar surface area (TPSA) is 55.4 Å². The fourth-order valence-corrected chi connectivity index (χ4v) is 3.90. The Kier molecular flexibility index (Phi) is 7.20. The number of hydrogen-bond acceptors (Lipinski definition) is 4. The van der Waals surface area contributed by atoms with Gasteiger partial charge in [-0.2, -0.15) is 0 Å². The van der Waals surface area contributed by atoms with Crippen molar-refractivity contribution in [1.29, 1.82) is 0 Å². The molecule has 0 radical (unpaired) electrons. The molecule has 29 heavy (non-hydrogen) atoms. The van der Waals surface area contributed by atoms with Crippen LogP contribution >= 0.6 is 35.0 Å². The second-order valence-electron chi connectivity index (χ2n) is 6.05. The highest BCUT2D eigenvalue weighted by molar-refractivity contribution is 8.00. The van der Waals surface area contributed by atoms with Gasteiger partial charge < -0.3 is 10.1 Å². The largest absolute Gasteiger partial charge is 0.497 e. The van der Waals surface area contributed by atoms with Gasteiger partial charge in [0.2, 0.25) is 0 Å². The number of carbonyl (C=O) groups is 2. The molecule has 1 N–H and O–H groups in total. The van der Waals surface area contributed by atoms with Crippen LogP contribution < -0.4 is 10.1 Å².